The first-order valence-electron chi connectivity index (χ1n) is 6.10. The molecule has 0 saturated heterocycles. The van der Waals surface area contributed by atoms with Gasteiger partial charge in [0.15, 0.2) is 0 Å². The molecule has 1 heterocycles. The highest BCUT2D eigenvalue weighted by atomic mass is 32.2. The molecule has 1 saturated carbocycles. The molecule has 1 unspecified atom stereocenters. The highest BCUT2D eigenvalue weighted by Gasteiger charge is 2.36. The average Bonchev–Trinajstić information content (AvgIpc) is 3.21. The Labute approximate surface area is 108 Å². The zero-order chi connectivity index (χ0) is 13.3. The third-order valence-electron chi connectivity index (χ3n) is 3.56. The lowest BCUT2D eigenvalue weighted by atomic mass is 10.2. The maximum absolute atomic E-state index is 12.4. The predicted octanol–water partition coefficient (Wildman–Crippen LogP) is 0.959. The molecule has 18 heavy (non-hydrogen) atoms. The van der Waals surface area contributed by atoms with Gasteiger partial charge in [-0.2, -0.15) is 4.31 Å². The summed E-state index contributed by atoms with van der Waals surface area (Å²) in [6, 6.07) is 3.27. The summed E-state index contributed by atoms with van der Waals surface area (Å²) in [5.41, 5.74) is 6.13. The molecule has 1 aromatic rings. The number of sulfonamides is 1. The van der Waals surface area contributed by atoms with Gasteiger partial charge in [-0.3, -0.25) is 4.98 Å². The predicted molar refractivity (Wildman–Crippen MR) is 69.3 cm³/mol. The Hall–Kier alpha value is -0.980. The van der Waals surface area contributed by atoms with Gasteiger partial charge in [0.05, 0.1) is 5.69 Å². The van der Waals surface area contributed by atoms with Crippen LogP contribution < -0.4 is 5.73 Å². The van der Waals surface area contributed by atoms with Crippen LogP contribution in [-0.2, 0) is 16.6 Å². The summed E-state index contributed by atoms with van der Waals surface area (Å²) in [5, 5.41) is 0. The van der Waals surface area contributed by atoms with Crippen LogP contribution in [0.15, 0.2) is 23.2 Å². The van der Waals surface area contributed by atoms with Gasteiger partial charge in [0.1, 0.15) is 4.90 Å². The van der Waals surface area contributed by atoms with E-state index in [0.717, 1.165) is 12.8 Å². The molecule has 0 radical (unpaired) electrons. The number of hydrogen-bond acceptors (Lipinski definition) is 4. The molecule has 0 amide bonds. The smallest absolute Gasteiger partial charge is 0.244 e. The molecule has 1 aromatic heterocycles. The fourth-order valence-corrected chi connectivity index (χ4v) is 3.31. The van der Waals surface area contributed by atoms with Crippen LogP contribution in [0.3, 0.4) is 0 Å². The normalized spacial score (nSPS) is 18.0. The molecule has 5 nitrogen and oxygen atoms in total. The zero-order valence-corrected chi connectivity index (χ0v) is 11.5. The van der Waals surface area contributed by atoms with Crippen molar-refractivity contribution in [2.45, 2.75) is 37.2 Å². The fourth-order valence-electron chi connectivity index (χ4n) is 1.94. The van der Waals surface area contributed by atoms with Crippen LogP contribution in [0, 0.1) is 5.92 Å². The SMILES string of the molecule is CC(C1CC1)N(C)S(=O)(=O)c1ccc(CN)nc1. The highest BCUT2D eigenvalue weighted by Crippen LogP contribution is 2.36. The first-order chi connectivity index (χ1) is 8.46. The van der Waals surface area contributed by atoms with Gasteiger partial charge in [-0.05, 0) is 37.8 Å². The first-order valence-corrected chi connectivity index (χ1v) is 7.54. The summed E-state index contributed by atoms with van der Waals surface area (Å²) in [6.45, 7) is 2.27. The van der Waals surface area contributed by atoms with Crippen molar-refractivity contribution in [1.82, 2.24) is 9.29 Å². The molecule has 6 heteroatoms. The van der Waals surface area contributed by atoms with Crippen LogP contribution in [0.2, 0.25) is 0 Å². The average molecular weight is 269 g/mol. The molecule has 0 bridgehead atoms. The number of pyridine rings is 1. The van der Waals surface area contributed by atoms with Crippen molar-refractivity contribution < 1.29 is 8.42 Å². The molecule has 1 fully saturated rings. The summed E-state index contributed by atoms with van der Waals surface area (Å²) in [6.07, 6.45) is 3.62. The van der Waals surface area contributed by atoms with Gasteiger partial charge in [-0.15, -0.1) is 0 Å². The number of aromatic nitrogens is 1. The van der Waals surface area contributed by atoms with E-state index in [4.69, 9.17) is 5.73 Å². The van der Waals surface area contributed by atoms with E-state index in [9.17, 15) is 8.42 Å². The number of nitrogens with two attached hydrogens (primary N) is 1. The minimum Gasteiger partial charge on any atom is -0.325 e. The van der Waals surface area contributed by atoms with Crippen molar-refractivity contribution in [2.75, 3.05) is 7.05 Å². The molecule has 0 spiro atoms. The van der Waals surface area contributed by atoms with Crippen molar-refractivity contribution in [3.63, 3.8) is 0 Å². The second-order valence-corrected chi connectivity index (χ2v) is 6.79. The van der Waals surface area contributed by atoms with Crippen LogP contribution in [0.1, 0.15) is 25.5 Å². The maximum Gasteiger partial charge on any atom is 0.244 e. The summed E-state index contributed by atoms with van der Waals surface area (Å²) >= 11 is 0. The van der Waals surface area contributed by atoms with Gasteiger partial charge >= 0.3 is 0 Å². The Bertz CT molecular complexity index is 509. The standard InChI is InChI=1S/C12H19N3O2S/c1-9(10-3-4-10)15(2)18(16,17)12-6-5-11(7-13)14-8-12/h5-6,8-10H,3-4,7,13H2,1-2H3. The Morgan fingerprint density at radius 3 is 2.61 bits per heavy atom. The van der Waals surface area contributed by atoms with Crippen LogP contribution >= 0.6 is 0 Å². The monoisotopic (exact) mass is 269 g/mol. The molecular weight excluding hydrogens is 250 g/mol. The van der Waals surface area contributed by atoms with Gasteiger partial charge in [0.25, 0.3) is 0 Å². The molecule has 0 aromatic carbocycles. The number of rotatable bonds is 5. The lowest BCUT2D eigenvalue weighted by Crippen LogP contribution is -2.36. The van der Waals surface area contributed by atoms with E-state index in [1.54, 1.807) is 19.2 Å². The molecule has 2 rings (SSSR count). The van der Waals surface area contributed by atoms with Crippen LogP contribution in [0.4, 0.5) is 0 Å². The Morgan fingerprint density at radius 2 is 2.17 bits per heavy atom. The van der Waals surface area contributed by atoms with Crippen LogP contribution in [0.5, 0.6) is 0 Å². The lowest BCUT2D eigenvalue weighted by Gasteiger charge is -2.24. The Balaban J connectivity index is 2.23. The van der Waals surface area contributed by atoms with Crippen molar-refractivity contribution in [1.29, 1.82) is 0 Å². The van der Waals surface area contributed by atoms with E-state index in [1.165, 1.54) is 10.5 Å². The van der Waals surface area contributed by atoms with Crippen molar-refractivity contribution in [2.24, 2.45) is 11.7 Å². The minimum atomic E-state index is -3.44. The molecule has 1 aliphatic carbocycles. The van der Waals surface area contributed by atoms with Crippen molar-refractivity contribution in [3.8, 4) is 0 Å². The summed E-state index contributed by atoms with van der Waals surface area (Å²) < 4.78 is 26.2. The Morgan fingerprint density at radius 1 is 1.50 bits per heavy atom. The molecular formula is C12H19N3O2S. The summed E-state index contributed by atoms with van der Waals surface area (Å²) in [4.78, 5) is 4.27. The first kappa shape index (κ1) is 13.5. The van der Waals surface area contributed by atoms with Crippen LogP contribution in [-0.4, -0.2) is 30.8 Å². The van der Waals surface area contributed by atoms with E-state index in [0.29, 0.717) is 18.2 Å². The highest BCUT2D eigenvalue weighted by molar-refractivity contribution is 7.89. The molecule has 100 valence electrons. The van der Waals surface area contributed by atoms with Gasteiger partial charge < -0.3 is 5.73 Å². The maximum atomic E-state index is 12.4. The molecule has 2 N–H and O–H groups in total. The van der Waals surface area contributed by atoms with Crippen LogP contribution in [0.25, 0.3) is 0 Å². The Kier molecular flexibility index (Phi) is 3.70. The quantitative estimate of drug-likeness (QED) is 0.863. The van der Waals surface area contributed by atoms with Gasteiger partial charge in [-0.25, -0.2) is 8.42 Å². The van der Waals surface area contributed by atoms with E-state index in [1.807, 2.05) is 6.92 Å². The lowest BCUT2D eigenvalue weighted by molar-refractivity contribution is 0.357. The molecule has 1 aliphatic rings. The summed E-state index contributed by atoms with van der Waals surface area (Å²) in [5.74, 6) is 0.501. The van der Waals surface area contributed by atoms with Gasteiger partial charge in [-0.1, -0.05) is 0 Å². The van der Waals surface area contributed by atoms with E-state index < -0.39 is 10.0 Å². The van der Waals surface area contributed by atoms with Crippen molar-refractivity contribution in [3.05, 3.63) is 24.0 Å². The zero-order valence-electron chi connectivity index (χ0n) is 10.7. The number of hydrogen-bond donors (Lipinski definition) is 1. The second-order valence-electron chi connectivity index (χ2n) is 4.79. The number of nitrogens with zero attached hydrogens (tertiary/aromatic N) is 2. The molecule has 1 atom stereocenters. The third kappa shape index (κ3) is 2.55. The minimum absolute atomic E-state index is 0.0455. The van der Waals surface area contributed by atoms with E-state index >= 15 is 0 Å². The molecule has 0 aliphatic heterocycles. The topological polar surface area (TPSA) is 76.3 Å². The fraction of sp³-hybridized carbons (Fsp3) is 0.583. The second kappa shape index (κ2) is 4.95. The van der Waals surface area contributed by atoms with Gasteiger partial charge in [0.2, 0.25) is 10.0 Å². The van der Waals surface area contributed by atoms with E-state index in [-0.39, 0.29) is 10.9 Å². The van der Waals surface area contributed by atoms with E-state index in [2.05, 4.69) is 4.98 Å². The van der Waals surface area contributed by atoms with Gasteiger partial charge in [0, 0.05) is 25.8 Å². The third-order valence-corrected chi connectivity index (χ3v) is 5.49. The summed E-state index contributed by atoms with van der Waals surface area (Å²) in [7, 11) is -1.80. The largest absolute Gasteiger partial charge is 0.325 e. The van der Waals surface area contributed by atoms with Crippen molar-refractivity contribution >= 4 is 10.0 Å².